The van der Waals surface area contributed by atoms with E-state index in [0.29, 0.717) is 24.4 Å². The zero-order valence-corrected chi connectivity index (χ0v) is 17.0. The summed E-state index contributed by atoms with van der Waals surface area (Å²) in [6.07, 6.45) is 8.69. The van der Waals surface area contributed by atoms with Gasteiger partial charge in [-0.1, -0.05) is 37.3 Å². The highest BCUT2D eigenvalue weighted by molar-refractivity contribution is 5.80. The number of aliphatic imine (C=N–C) groups is 1. The topological polar surface area (TPSA) is 71.5 Å². The molecule has 2 aromatic heterocycles. The van der Waals surface area contributed by atoms with Crippen LogP contribution in [-0.4, -0.2) is 45.0 Å². The van der Waals surface area contributed by atoms with Gasteiger partial charge in [0.15, 0.2) is 11.7 Å². The molecule has 7 heteroatoms. The van der Waals surface area contributed by atoms with Crippen molar-refractivity contribution < 1.29 is 4.42 Å². The minimum absolute atomic E-state index is 0.390. The molecule has 29 heavy (non-hydrogen) atoms. The van der Waals surface area contributed by atoms with Gasteiger partial charge in [-0.3, -0.25) is 0 Å². The van der Waals surface area contributed by atoms with Crippen LogP contribution < -0.4 is 5.32 Å². The van der Waals surface area contributed by atoms with Gasteiger partial charge in [-0.15, -0.1) is 0 Å². The third kappa shape index (κ3) is 4.50. The smallest absolute Gasteiger partial charge is 0.216 e. The number of piperidine rings is 1. The van der Waals surface area contributed by atoms with Gasteiger partial charge >= 0.3 is 0 Å². The van der Waals surface area contributed by atoms with Gasteiger partial charge in [0.2, 0.25) is 5.89 Å². The number of guanidine groups is 1. The Morgan fingerprint density at radius 3 is 2.93 bits per heavy atom. The Hall–Kier alpha value is -3.09. The summed E-state index contributed by atoms with van der Waals surface area (Å²) in [5, 5.41) is 3.42. The van der Waals surface area contributed by atoms with Crippen LogP contribution in [0.1, 0.15) is 32.2 Å². The molecule has 1 aliphatic heterocycles. The van der Waals surface area contributed by atoms with E-state index < -0.39 is 0 Å². The number of rotatable bonds is 5. The zero-order valence-electron chi connectivity index (χ0n) is 17.0. The molecule has 2 atom stereocenters. The van der Waals surface area contributed by atoms with E-state index in [2.05, 4.69) is 38.6 Å². The standard InChI is InChI=1S/C22H28N6O/c1-3-24-22(27-11-9-17(2)19(15-27)28-12-10-23-16-28)26-14-21-25-13-20(29-21)18-7-5-4-6-8-18/h4-8,10,12-13,16-17,19H,3,9,11,14-15H2,1-2H3,(H,24,26). The normalized spacial score (nSPS) is 20.1. The van der Waals surface area contributed by atoms with E-state index in [1.165, 1.54) is 0 Å². The summed E-state index contributed by atoms with van der Waals surface area (Å²) in [5.74, 6) is 2.90. The Kier molecular flexibility index (Phi) is 5.93. The first-order valence-electron chi connectivity index (χ1n) is 10.3. The molecule has 0 amide bonds. The molecule has 0 aliphatic carbocycles. The summed E-state index contributed by atoms with van der Waals surface area (Å²) in [5.41, 5.74) is 1.02. The van der Waals surface area contributed by atoms with E-state index in [9.17, 15) is 0 Å². The van der Waals surface area contributed by atoms with E-state index >= 15 is 0 Å². The van der Waals surface area contributed by atoms with Crippen molar-refractivity contribution in [3.63, 3.8) is 0 Å². The second-order valence-electron chi connectivity index (χ2n) is 7.44. The molecular weight excluding hydrogens is 364 g/mol. The van der Waals surface area contributed by atoms with Gasteiger partial charge in [0.25, 0.3) is 0 Å². The number of aromatic nitrogens is 3. The Balaban J connectivity index is 1.47. The second kappa shape index (κ2) is 8.94. The number of nitrogens with zero attached hydrogens (tertiary/aromatic N) is 5. The van der Waals surface area contributed by atoms with Gasteiger partial charge in [-0.05, 0) is 19.3 Å². The van der Waals surface area contributed by atoms with E-state index in [1.54, 1.807) is 6.20 Å². The molecule has 0 radical (unpaired) electrons. The Morgan fingerprint density at radius 1 is 1.31 bits per heavy atom. The molecule has 0 spiro atoms. The lowest BCUT2D eigenvalue weighted by atomic mass is 9.93. The number of imidazole rings is 1. The van der Waals surface area contributed by atoms with Gasteiger partial charge in [0.05, 0.1) is 18.6 Å². The largest absolute Gasteiger partial charge is 0.439 e. The molecule has 3 aromatic rings. The summed E-state index contributed by atoms with van der Waals surface area (Å²) in [6.45, 7) is 7.53. The first kappa shape index (κ1) is 19.2. The average Bonchev–Trinajstić information content (AvgIpc) is 3.45. The van der Waals surface area contributed by atoms with Crippen LogP contribution in [0.2, 0.25) is 0 Å². The fraction of sp³-hybridized carbons (Fsp3) is 0.409. The maximum Gasteiger partial charge on any atom is 0.216 e. The highest BCUT2D eigenvalue weighted by Gasteiger charge is 2.28. The summed E-state index contributed by atoms with van der Waals surface area (Å²) >= 11 is 0. The number of oxazole rings is 1. The highest BCUT2D eigenvalue weighted by atomic mass is 16.4. The number of hydrogen-bond donors (Lipinski definition) is 1. The first-order valence-corrected chi connectivity index (χ1v) is 10.3. The van der Waals surface area contributed by atoms with Crippen molar-refractivity contribution in [2.24, 2.45) is 10.9 Å². The zero-order chi connectivity index (χ0) is 20.1. The van der Waals surface area contributed by atoms with E-state index in [1.807, 2.05) is 49.1 Å². The lowest BCUT2D eigenvalue weighted by molar-refractivity contribution is 0.189. The molecule has 2 unspecified atom stereocenters. The first-order chi connectivity index (χ1) is 14.2. The van der Waals surface area contributed by atoms with Crippen LogP contribution >= 0.6 is 0 Å². The SMILES string of the molecule is CCNC(=NCc1ncc(-c2ccccc2)o1)N1CCC(C)C(n2ccnc2)C1. The minimum Gasteiger partial charge on any atom is -0.439 e. The predicted molar refractivity (Wildman–Crippen MR) is 113 cm³/mol. The van der Waals surface area contributed by atoms with Crippen LogP contribution in [-0.2, 0) is 6.54 Å². The van der Waals surface area contributed by atoms with Crippen molar-refractivity contribution in [3.05, 3.63) is 61.1 Å². The monoisotopic (exact) mass is 392 g/mol. The van der Waals surface area contributed by atoms with Gasteiger partial charge in [-0.2, -0.15) is 0 Å². The third-order valence-electron chi connectivity index (χ3n) is 5.44. The van der Waals surface area contributed by atoms with E-state index in [0.717, 1.165) is 43.3 Å². The summed E-state index contributed by atoms with van der Waals surface area (Å²) < 4.78 is 8.11. The van der Waals surface area contributed by atoms with Crippen LogP contribution in [0.4, 0.5) is 0 Å². The van der Waals surface area contributed by atoms with Crippen LogP contribution in [0, 0.1) is 5.92 Å². The Labute approximate surface area is 171 Å². The Bertz CT molecular complexity index is 918. The molecule has 3 heterocycles. The number of nitrogens with one attached hydrogen (secondary N) is 1. The van der Waals surface area contributed by atoms with Crippen LogP contribution in [0.5, 0.6) is 0 Å². The molecular formula is C22H28N6O. The molecule has 1 fully saturated rings. The quantitative estimate of drug-likeness (QED) is 0.531. The summed E-state index contributed by atoms with van der Waals surface area (Å²) in [6, 6.07) is 10.4. The average molecular weight is 393 g/mol. The molecule has 1 N–H and O–H groups in total. The van der Waals surface area contributed by atoms with Crippen molar-refractivity contribution >= 4 is 5.96 Å². The van der Waals surface area contributed by atoms with Gasteiger partial charge in [0, 0.05) is 37.6 Å². The number of hydrogen-bond acceptors (Lipinski definition) is 4. The fourth-order valence-electron chi connectivity index (χ4n) is 3.78. The predicted octanol–water partition coefficient (Wildman–Crippen LogP) is 3.59. The molecule has 152 valence electrons. The maximum absolute atomic E-state index is 5.91. The maximum atomic E-state index is 5.91. The van der Waals surface area contributed by atoms with Crippen molar-refractivity contribution in [1.82, 2.24) is 24.8 Å². The van der Waals surface area contributed by atoms with E-state index in [-0.39, 0.29) is 0 Å². The molecule has 0 saturated carbocycles. The third-order valence-corrected chi connectivity index (χ3v) is 5.44. The van der Waals surface area contributed by atoms with E-state index in [4.69, 9.17) is 9.41 Å². The molecule has 0 bridgehead atoms. The second-order valence-corrected chi connectivity index (χ2v) is 7.44. The lowest BCUT2D eigenvalue weighted by Crippen LogP contribution is -2.49. The highest BCUT2D eigenvalue weighted by Crippen LogP contribution is 2.27. The van der Waals surface area contributed by atoms with Crippen molar-refractivity contribution in [1.29, 1.82) is 0 Å². The van der Waals surface area contributed by atoms with Gasteiger partial charge in [-0.25, -0.2) is 15.0 Å². The van der Waals surface area contributed by atoms with Crippen LogP contribution in [0.25, 0.3) is 11.3 Å². The molecule has 7 nitrogen and oxygen atoms in total. The molecule has 1 aromatic carbocycles. The summed E-state index contributed by atoms with van der Waals surface area (Å²) in [7, 11) is 0. The van der Waals surface area contributed by atoms with Crippen molar-refractivity contribution in [2.45, 2.75) is 32.9 Å². The molecule has 1 aliphatic rings. The van der Waals surface area contributed by atoms with Crippen molar-refractivity contribution in [3.8, 4) is 11.3 Å². The minimum atomic E-state index is 0.390. The lowest BCUT2D eigenvalue weighted by Gasteiger charge is -2.39. The number of benzene rings is 1. The van der Waals surface area contributed by atoms with Crippen LogP contribution in [0.15, 0.2) is 64.7 Å². The van der Waals surface area contributed by atoms with Crippen molar-refractivity contribution in [2.75, 3.05) is 19.6 Å². The van der Waals surface area contributed by atoms with Gasteiger partial charge < -0.3 is 19.2 Å². The summed E-state index contributed by atoms with van der Waals surface area (Å²) in [4.78, 5) is 15.8. The Morgan fingerprint density at radius 2 is 2.17 bits per heavy atom. The van der Waals surface area contributed by atoms with Crippen LogP contribution in [0.3, 0.4) is 0 Å². The van der Waals surface area contributed by atoms with Gasteiger partial charge in [0.1, 0.15) is 6.54 Å². The molecule has 1 saturated heterocycles. The number of likely N-dealkylation sites (tertiary alicyclic amines) is 1. The molecule has 4 rings (SSSR count). The fourth-order valence-corrected chi connectivity index (χ4v) is 3.78.